The molecule has 0 bridgehead atoms. The maximum atomic E-state index is 8.27. The molecule has 0 aliphatic carbocycles. The Labute approximate surface area is 107 Å². The molecule has 1 saturated heterocycles. The number of piperidine rings is 1. The fourth-order valence-corrected chi connectivity index (χ4v) is 2.46. The van der Waals surface area contributed by atoms with Gasteiger partial charge in [0.1, 0.15) is 0 Å². The molecule has 0 radical (unpaired) electrons. The van der Waals surface area contributed by atoms with Crippen LogP contribution in [0.5, 0.6) is 0 Å². The zero-order valence-corrected chi connectivity index (χ0v) is 10.8. The highest BCUT2D eigenvalue weighted by Crippen LogP contribution is 2.28. The first kappa shape index (κ1) is 12.4. The van der Waals surface area contributed by atoms with E-state index in [0.29, 0.717) is 22.3 Å². The Balaban J connectivity index is 2.17. The van der Waals surface area contributed by atoms with E-state index < -0.39 is 0 Å². The number of nitrogen functional groups attached to an aromatic ring is 1. The van der Waals surface area contributed by atoms with E-state index in [-0.39, 0.29) is 0 Å². The van der Waals surface area contributed by atoms with Crippen LogP contribution in [-0.2, 0) is 0 Å². The van der Waals surface area contributed by atoms with Crippen molar-refractivity contribution in [1.29, 1.82) is 5.41 Å². The summed E-state index contributed by atoms with van der Waals surface area (Å²) in [5, 5.41) is 8.81. The van der Waals surface area contributed by atoms with Crippen LogP contribution in [0.4, 0.5) is 5.69 Å². The van der Waals surface area contributed by atoms with Crippen molar-refractivity contribution in [2.24, 2.45) is 5.92 Å². The van der Waals surface area contributed by atoms with Crippen molar-refractivity contribution in [3.8, 4) is 0 Å². The molecule has 92 valence electrons. The zero-order chi connectivity index (χ0) is 12.4. The van der Waals surface area contributed by atoms with E-state index in [1.807, 2.05) is 12.1 Å². The summed E-state index contributed by atoms with van der Waals surface area (Å²) in [6.45, 7) is 2.10. The average molecular weight is 252 g/mol. The molecule has 0 spiro atoms. The highest BCUT2D eigenvalue weighted by atomic mass is 35.5. The Kier molecular flexibility index (Phi) is 3.69. The van der Waals surface area contributed by atoms with E-state index in [1.165, 1.54) is 0 Å². The Bertz CT molecular complexity index is 423. The van der Waals surface area contributed by atoms with Gasteiger partial charge >= 0.3 is 0 Å². The molecule has 0 unspecified atom stereocenters. The van der Waals surface area contributed by atoms with Crippen LogP contribution in [0.1, 0.15) is 18.4 Å². The number of halogens is 1. The molecule has 17 heavy (non-hydrogen) atoms. The van der Waals surface area contributed by atoms with Crippen LogP contribution in [0.2, 0.25) is 5.02 Å². The molecule has 1 aromatic carbocycles. The van der Waals surface area contributed by atoms with Gasteiger partial charge in [-0.2, -0.15) is 0 Å². The minimum Gasteiger partial charge on any atom is -0.397 e. The number of nitrogens with one attached hydrogen (secondary N) is 1. The smallest absolute Gasteiger partial charge is 0.0642 e. The highest BCUT2D eigenvalue weighted by molar-refractivity contribution is 6.34. The third-order valence-electron chi connectivity index (χ3n) is 3.47. The molecule has 0 atom stereocenters. The van der Waals surface area contributed by atoms with Crippen LogP contribution in [0.3, 0.4) is 0 Å². The lowest BCUT2D eigenvalue weighted by atomic mass is 9.88. The minimum absolute atomic E-state index is 0.312. The summed E-state index contributed by atoms with van der Waals surface area (Å²) < 4.78 is 0. The largest absolute Gasteiger partial charge is 0.397 e. The van der Waals surface area contributed by atoms with Crippen LogP contribution in [0, 0.1) is 11.3 Å². The van der Waals surface area contributed by atoms with Gasteiger partial charge in [0.15, 0.2) is 0 Å². The number of nitrogens with zero attached hydrogens (tertiary/aromatic N) is 1. The number of hydrogen-bond acceptors (Lipinski definition) is 3. The molecule has 3 nitrogen and oxygen atoms in total. The monoisotopic (exact) mass is 251 g/mol. The second kappa shape index (κ2) is 5.07. The van der Waals surface area contributed by atoms with Gasteiger partial charge in [0.2, 0.25) is 0 Å². The predicted octanol–water partition coefficient (Wildman–Crippen LogP) is 2.63. The normalized spacial score (nSPS) is 18.2. The van der Waals surface area contributed by atoms with Gasteiger partial charge in [-0.3, -0.25) is 0 Å². The number of likely N-dealkylation sites (tertiary alicyclic amines) is 1. The summed E-state index contributed by atoms with van der Waals surface area (Å²) in [5.74, 6) is 0.312. The Morgan fingerprint density at radius 2 is 2.06 bits per heavy atom. The quantitative estimate of drug-likeness (QED) is 0.627. The SMILES string of the molecule is CN1CCC(C(=N)c2cccc(Cl)c2N)CC1. The summed E-state index contributed by atoms with van der Waals surface area (Å²) in [6.07, 6.45) is 2.06. The molecule has 1 heterocycles. The third kappa shape index (κ3) is 2.61. The zero-order valence-electron chi connectivity index (χ0n) is 10.0. The summed E-state index contributed by atoms with van der Waals surface area (Å²) in [5.41, 5.74) is 7.91. The molecule has 2 rings (SSSR count). The van der Waals surface area contributed by atoms with Crippen LogP contribution in [-0.4, -0.2) is 30.7 Å². The molecule has 0 amide bonds. The topological polar surface area (TPSA) is 53.1 Å². The molecule has 1 aliphatic heterocycles. The number of hydrogen-bond donors (Lipinski definition) is 2. The average Bonchev–Trinajstić information content (AvgIpc) is 2.33. The molecule has 1 aromatic rings. The van der Waals surface area contributed by atoms with Crippen molar-refractivity contribution in [3.63, 3.8) is 0 Å². The van der Waals surface area contributed by atoms with Crippen LogP contribution in [0.15, 0.2) is 18.2 Å². The fraction of sp³-hybridized carbons (Fsp3) is 0.462. The van der Waals surface area contributed by atoms with Crippen molar-refractivity contribution < 1.29 is 0 Å². The standard InChI is InChI=1S/C13H18ClN3/c1-17-7-5-9(6-8-17)12(15)10-3-2-4-11(14)13(10)16/h2-4,9,15H,5-8,16H2,1H3. The summed E-state index contributed by atoms with van der Waals surface area (Å²) >= 11 is 5.99. The van der Waals surface area contributed by atoms with Gasteiger partial charge in [-0.05, 0) is 39.0 Å². The Morgan fingerprint density at radius 1 is 1.41 bits per heavy atom. The first-order valence-corrected chi connectivity index (χ1v) is 6.28. The van der Waals surface area contributed by atoms with Crippen molar-refractivity contribution in [3.05, 3.63) is 28.8 Å². The van der Waals surface area contributed by atoms with E-state index in [0.717, 1.165) is 31.5 Å². The first-order chi connectivity index (χ1) is 8.09. The van der Waals surface area contributed by atoms with Crippen LogP contribution < -0.4 is 5.73 Å². The maximum Gasteiger partial charge on any atom is 0.0642 e. The molecular weight excluding hydrogens is 234 g/mol. The van der Waals surface area contributed by atoms with Crippen molar-refractivity contribution in [2.45, 2.75) is 12.8 Å². The van der Waals surface area contributed by atoms with E-state index in [1.54, 1.807) is 6.07 Å². The minimum atomic E-state index is 0.312. The fourth-order valence-electron chi connectivity index (χ4n) is 2.29. The first-order valence-electron chi connectivity index (χ1n) is 5.91. The van der Waals surface area contributed by atoms with Crippen LogP contribution in [0.25, 0.3) is 0 Å². The summed E-state index contributed by atoms with van der Waals surface area (Å²) in [7, 11) is 2.12. The van der Waals surface area contributed by atoms with Gasteiger partial charge < -0.3 is 16.0 Å². The lowest BCUT2D eigenvalue weighted by Crippen LogP contribution is -2.33. The second-order valence-corrected chi connectivity index (χ2v) is 5.10. The van der Waals surface area contributed by atoms with Crippen molar-refractivity contribution in [2.75, 3.05) is 25.9 Å². The molecular formula is C13H18ClN3. The van der Waals surface area contributed by atoms with Crippen molar-refractivity contribution >= 4 is 23.0 Å². The van der Waals surface area contributed by atoms with Crippen molar-refractivity contribution in [1.82, 2.24) is 4.90 Å². The number of anilines is 1. The van der Waals surface area contributed by atoms with Gasteiger partial charge in [-0.1, -0.05) is 23.7 Å². The summed E-state index contributed by atoms with van der Waals surface area (Å²) in [6, 6.07) is 5.52. The van der Waals surface area contributed by atoms with Gasteiger partial charge in [-0.15, -0.1) is 0 Å². The lowest BCUT2D eigenvalue weighted by molar-refractivity contribution is 0.252. The number of nitrogens with two attached hydrogens (primary N) is 1. The Hall–Kier alpha value is -1.06. The van der Waals surface area contributed by atoms with E-state index in [9.17, 15) is 0 Å². The molecule has 0 aromatic heterocycles. The van der Waals surface area contributed by atoms with Gasteiger partial charge in [0.25, 0.3) is 0 Å². The van der Waals surface area contributed by atoms with Gasteiger partial charge in [0, 0.05) is 17.2 Å². The summed E-state index contributed by atoms with van der Waals surface area (Å²) in [4.78, 5) is 2.30. The van der Waals surface area contributed by atoms with E-state index >= 15 is 0 Å². The molecule has 4 heteroatoms. The van der Waals surface area contributed by atoms with Crippen LogP contribution >= 0.6 is 11.6 Å². The van der Waals surface area contributed by atoms with Gasteiger partial charge in [-0.25, -0.2) is 0 Å². The highest BCUT2D eigenvalue weighted by Gasteiger charge is 2.23. The Morgan fingerprint density at radius 3 is 2.71 bits per heavy atom. The maximum absolute atomic E-state index is 8.27. The molecule has 0 saturated carbocycles. The predicted molar refractivity (Wildman–Crippen MR) is 72.9 cm³/mol. The van der Waals surface area contributed by atoms with Gasteiger partial charge in [0.05, 0.1) is 10.7 Å². The molecule has 3 N–H and O–H groups in total. The molecule has 1 aliphatic rings. The van der Waals surface area contributed by atoms with E-state index in [4.69, 9.17) is 22.7 Å². The number of para-hydroxylation sites is 1. The molecule has 1 fully saturated rings. The third-order valence-corrected chi connectivity index (χ3v) is 3.80. The number of rotatable bonds is 2. The van der Waals surface area contributed by atoms with E-state index in [2.05, 4.69) is 11.9 Å². The second-order valence-electron chi connectivity index (χ2n) is 4.69. The number of benzene rings is 1. The lowest BCUT2D eigenvalue weighted by Gasteiger charge is -2.29.